The predicted octanol–water partition coefficient (Wildman–Crippen LogP) is 9.21. The number of alkyl halides is 3. The Labute approximate surface area is 322 Å². The lowest BCUT2D eigenvalue weighted by molar-refractivity contribution is -0.274. The summed E-state index contributed by atoms with van der Waals surface area (Å²) in [5.74, 6) is 0.143. The molecule has 1 aliphatic rings. The minimum absolute atomic E-state index is 0.113. The van der Waals surface area contributed by atoms with Gasteiger partial charge in [0, 0.05) is 64.1 Å². The number of ether oxygens (including phenoxy) is 3. The molecule has 4 aromatic rings. The summed E-state index contributed by atoms with van der Waals surface area (Å²) in [7, 11) is -2.32. The molecule has 55 heavy (non-hydrogen) atoms. The molecule has 0 radical (unpaired) electrons. The third kappa shape index (κ3) is 11.6. The van der Waals surface area contributed by atoms with Crippen molar-refractivity contribution in [1.29, 1.82) is 0 Å². The van der Waals surface area contributed by atoms with Crippen LogP contribution in [0.5, 0.6) is 5.75 Å². The van der Waals surface area contributed by atoms with Crippen LogP contribution >= 0.6 is 7.14 Å². The van der Waals surface area contributed by atoms with Crippen LogP contribution in [0.2, 0.25) is 25.7 Å². The van der Waals surface area contributed by atoms with Crippen LogP contribution in [0.3, 0.4) is 0 Å². The molecule has 0 atom stereocenters. The van der Waals surface area contributed by atoms with Crippen molar-refractivity contribution in [3.63, 3.8) is 0 Å². The number of amides is 1. The molecule has 1 amide bonds. The van der Waals surface area contributed by atoms with Crippen LogP contribution < -0.4 is 25.6 Å². The number of halogens is 3. The van der Waals surface area contributed by atoms with Crippen LogP contribution in [0, 0.1) is 0 Å². The van der Waals surface area contributed by atoms with E-state index in [9.17, 15) is 22.5 Å². The summed E-state index contributed by atoms with van der Waals surface area (Å²) < 4.78 is 72.6. The molecule has 2 N–H and O–H groups in total. The molecule has 1 saturated heterocycles. The Kier molecular flexibility index (Phi) is 12.5. The predicted molar refractivity (Wildman–Crippen MR) is 216 cm³/mol. The maximum Gasteiger partial charge on any atom is 0.573 e. The maximum absolute atomic E-state index is 13.8. The molecule has 0 spiro atoms. The summed E-state index contributed by atoms with van der Waals surface area (Å²) >= 11 is 0. The van der Waals surface area contributed by atoms with E-state index in [2.05, 4.69) is 35.0 Å². The molecule has 0 bridgehead atoms. The van der Waals surface area contributed by atoms with Crippen molar-refractivity contribution >= 4 is 66.5 Å². The van der Waals surface area contributed by atoms with E-state index >= 15 is 0 Å². The van der Waals surface area contributed by atoms with Crippen LogP contribution in [-0.4, -0.2) is 91.7 Å². The molecule has 5 rings (SSSR count). The first-order chi connectivity index (χ1) is 25.6. The fraction of sp³-hybridized carbons (Fsp3) is 0.500. The SMILES string of the molecule is CN(C(=O)OC(C)(C)C)C1CCN(c2ccc(Nc3nc(Nc4ccccc4P(C)(C)=O)c4ccn(COCC[Si](C)(C)C)c4n3)cc2OC(F)(F)F)CC1. The van der Waals surface area contributed by atoms with Gasteiger partial charge in [-0.2, -0.15) is 9.97 Å². The van der Waals surface area contributed by atoms with Gasteiger partial charge in [-0.15, -0.1) is 13.2 Å². The molecular weight excluding hydrogens is 751 g/mol. The Bertz CT molecular complexity index is 2020. The number of nitrogens with zero attached hydrogens (tertiary/aromatic N) is 5. The molecule has 2 aromatic heterocycles. The van der Waals surface area contributed by atoms with Crippen molar-refractivity contribution in [2.75, 3.05) is 55.6 Å². The number of hydrogen-bond acceptors (Lipinski definition) is 10. The molecular formula is C38H53F3N7O5PSi. The molecule has 0 aliphatic carbocycles. The lowest BCUT2D eigenvalue weighted by atomic mass is 10.0. The number of benzene rings is 2. The quantitative estimate of drug-likeness (QED) is 0.0769. The lowest BCUT2D eigenvalue weighted by Gasteiger charge is -2.38. The summed E-state index contributed by atoms with van der Waals surface area (Å²) in [4.78, 5) is 25.5. The monoisotopic (exact) mass is 803 g/mol. The number of fused-ring (bicyclic) bond motifs is 1. The number of aromatic nitrogens is 3. The molecule has 3 heterocycles. The number of carbonyl (C=O) groups excluding carboxylic acids is 1. The summed E-state index contributed by atoms with van der Waals surface area (Å²) in [6.45, 7) is 17.2. The van der Waals surface area contributed by atoms with Crippen LogP contribution in [0.25, 0.3) is 11.0 Å². The molecule has 0 saturated carbocycles. The fourth-order valence-electron chi connectivity index (χ4n) is 6.20. The molecule has 300 valence electrons. The Hall–Kier alpha value is -4.27. The van der Waals surface area contributed by atoms with Crippen LogP contribution in [0.1, 0.15) is 33.6 Å². The van der Waals surface area contributed by atoms with Gasteiger partial charge >= 0.3 is 12.5 Å². The average Bonchev–Trinajstić information content (AvgIpc) is 3.47. The molecule has 12 nitrogen and oxygen atoms in total. The largest absolute Gasteiger partial charge is 0.573 e. The zero-order valence-electron chi connectivity index (χ0n) is 33.1. The molecule has 1 fully saturated rings. The second-order valence-electron chi connectivity index (χ2n) is 16.4. The molecule has 1 aliphatic heterocycles. The summed E-state index contributed by atoms with van der Waals surface area (Å²) in [6, 6.07) is 14.5. The highest BCUT2D eigenvalue weighted by Gasteiger charge is 2.35. The molecule has 0 unspecified atom stereocenters. The summed E-state index contributed by atoms with van der Waals surface area (Å²) in [6.07, 6.45) is -2.49. The van der Waals surface area contributed by atoms with Crippen LogP contribution in [0.4, 0.5) is 46.8 Å². The van der Waals surface area contributed by atoms with Crippen LogP contribution in [0.15, 0.2) is 54.7 Å². The average molecular weight is 804 g/mol. The van der Waals surface area contributed by atoms with E-state index in [0.29, 0.717) is 60.4 Å². The Morgan fingerprint density at radius 3 is 2.35 bits per heavy atom. The second-order valence-corrected chi connectivity index (χ2v) is 25.2. The smallest absolute Gasteiger partial charge is 0.444 e. The van der Waals surface area contributed by atoms with Gasteiger partial charge in [-0.25, -0.2) is 4.79 Å². The van der Waals surface area contributed by atoms with Crippen LogP contribution in [-0.2, 0) is 20.8 Å². The Morgan fingerprint density at radius 1 is 1.02 bits per heavy atom. The van der Waals surface area contributed by atoms with Crippen molar-refractivity contribution in [2.45, 2.75) is 84.0 Å². The number of carbonyl (C=O) groups is 1. The van der Waals surface area contributed by atoms with E-state index in [0.717, 1.165) is 6.04 Å². The Balaban J connectivity index is 1.44. The number of anilines is 5. The summed E-state index contributed by atoms with van der Waals surface area (Å²) in [5.41, 5.74) is 1.04. The third-order valence-corrected chi connectivity index (χ3v) is 12.3. The van der Waals surface area contributed by atoms with Crippen molar-refractivity contribution in [2.24, 2.45) is 0 Å². The van der Waals surface area contributed by atoms with E-state index in [1.54, 1.807) is 58.2 Å². The van der Waals surface area contributed by atoms with E-state index in [1.165, 1.54) is 6.07 Å². The topological polar surface area (TPSA) is 123 Å². The second kappa shape index (κ2) is 16.4. The van der Waals surface area contributed by atoms with Gasteiger partial charge in [0.05, 0.1) is 16.8 Å². The zero-order chi connectivity index (χ0) is 40.3. The van der Waals surface area contributed by atoms with Crippen molar-refractivity contribution in [3.05, 3.63) is 54.7 Å². The lowest BCUT2D eigenvalue weighted by Crippen LogP contribution is -2.47. The number of nitrogens with one attached hydrogen (secondary N) is 2. The minimum atomic E-state index is -4.95. The minimum Gasteiger partial charge on any atom is -0.444 e. The molecule has 17 heteroatoms. The highest BCUT2D eigenvalue weighted by molar-refractivity contribution is 7.70. The van der Waals surface area contributed by atoms with E-state index in [4.69, 9.17) is 19.4 Å². The number of rotatable bonds is 13. The van der Waals surface area contributed by atoms with Gasteiger partial charge in [-0.05, 0) is 83.3 Å². The first kappa shape index (κ1) is 41.9. The normalized spacial score (nSPS) is 14.6. The van der Waals surface area contributed by atoms with Crippen molar-refractivity contribution in [1.82, 2.24) is 19.4 Å². The fourth-order valence-corrected chi connectivity index (χ4v) is 8.12. The zero-order valence-corrected chi connectivity index (χ0v) is 35.0. The van der Waals surface area contributed by atoms with Gasteiger partial charge in [-0.3, -0.25) is 0 Å². The van der Waals surface area contributed by atoms with Crippen molar-refractivity contribution < 1.29 is 36.7 Å². The highest BCUT2D eigenvalue weighted by Crippen LogP contribution is 2.40. The first-order valence-electron chi connectivity index (χ1n) is 18.3. The van der Waals surface area contributed by atoms with Gasteiger partial charge < -0.3 is 43.8 Å². The maximum atomic E-state index is 13.8. The van der Waals surface area contributed by atoms with E-state index in [1.807, 2.05) is 46.0 Å². The first-order valence-corrected chi connectivity index (χ1v) is 24.6. The number of piperidine rings is 1. The van der Waals surface area contributed by atoms with E-state index < -0.39 is 33.3 Å². The number of hydrogen-bond donors (Lipinski definition) is 2. The van der Waals surface area contributed by atoms with Crippen molar-refractivity contribution in [3.8, 4) is 5.75 Å². The standard InChI is InChI=1S/C38H53F3N7O5PSi/c1-37(2,3)53-36(49)46(4)27-16-19-47(20-17-27)30-15-14-26(24-31(30)52-38(39,40)41)42-35-44-33(43-29-12-10-11-13-32(29)54(5,6)50)28-18-21-48(34(28)45-35)25-51-22-23-55(7,8)9/h10-15,18,21,24,27H,16-17,19-20,22-23,25H2,1-9H3,(H2,42,43,44,45). The third-order valence-electron chi connectivity index (χ3n) is 9.06. The van der Waals surface area contributed by atoms with Gasteiger partial charge in [0.25, 0.3) is 0 Å². The van der Waals surface area contributed by atoms with Gasteiger partial charge in [-0.1, -0.05) is 31.8 Å². The Morgan fingerprint density at radius 2 is 1.71 bits per heavy atom. The van der Waals surface area contributed by atoms with Gasteiger partial charge in [0.1, 0.15) is 30.9 Å². The highest BCUT2D eigenvalue weighted by atomic mass is 31.2. The number of para-hydroxylation sites is 1. The van der Waals surface area contributed by atoms with Gasteiger partial charge in [0.15, 0.2) is 5.75 Å². The molecule has 2 aromatic carbocycles. The van der Waals surface area contributed by atoms with Gasteiger partial charge in [0.2, 0.25) is 5.95 Å². The van der Waals surface area contributed by atoms with E-state index in [-0.39, 0.29) is 35.8 Å². The summed E-state index contributed by atoms with van der Waals surface area (Å²) in [5, 5.41) is 7.76.